The fourth-order valence-corrected chi connectivity index (χ4v) is 12.7. The molecule has 0 fully saturated rings. The molecule has 1 aliphatic rings. The fraction of sp³-hybridized carbons (Fsp3) is 0.0143. The maximum atomic E-state index is 5.71. The number of nitrogens with zero attached hydrogens (tertiary/aromatic N) is 7. The molecule has 0 spiro atoms. The van der Waals surface area contributed by atoms with Crippen LogP contribution in [0.15, 0.2) is 265 Å². The van der Waals surface area contributed by atoms with Crippen LogP contribution in [0.5, 0.6) is 0 Å². The first-order valence-corrected chi connectivity index (χ1v) is 26.5. The largest absolute Gasteiger partial charge is 0.344 e. The van der Waals surface area contributed by atoms with E-state index in [2.05, 4.69) is 278 Å². The van der Waals surface area contributed by atoms with E-state index in [1.165, 1.54) is 32.3 Å². The Bertz CT molecular complexity index is 5040. The molecule has 78 heavy (non-hydrogen) atoms. The van der Waals surface area contributed by atoms with Gasteiger partial charge in [0, 0.05) is 60.8 Å². The second-order valence-electron chi connectivity index (χ2n) is 20.4. The number of amidine groups is 1. The molecule has 1 atom stereocenters. The number of fused-ring (bicyclic) bond motifs is 15. The highest BCUT2D eigenvalue weighted by Crippen LogP contribution is 2.43. The Kier molecular flexibility index (Phi) is 9.02. The molecule has 1 aliphatic heterocycles. The summed E-state index contributed by atoms with van der Waals surface area (Å²) >= 11 is 0. The smallest absolute Gasteiger partial charge is 0.234 e. The molecule has 0 aliphatic carbocycles. The minimum Gasteiger partial charge on any atom is -0.344 e. The normalized spacial score (nSPS) is 14.0. The Balaban J connectivity index is 0.965. The molecule has 6 heterocycles. The SMILES string of the molecule is c1ccc2cc(C3=NC(n4c5ccccc5c5ccc6c(c7ccccc7n6-c6cc(-n7c8ccccc8c8ccccc87)nc(-n7c8ccccc8c8ccccc87)c6)c54)=NC(c4ccc5ccccc5c4)N3)ccc2c1. The molecule has 1 unspecified atom stereocenters. The van der Waals surface area contributed by atoms with Crippen LogP contribution in [0.3, 0.4) is 0 Å². The molecule has 364 valence electrons. The van der Waals surface area contributed by atoms with Crippen molar-refractivity contribution in [2.45, 2.75) is 6.17 Å². The third-order valence-electron chi connectivity index (χ3n) is 16.2. The summed E-state index contributed by atoms with van der Waals surface area (Å²) < 4.78 is 9.43. The van der Waals surface area contributed by atoms with Crippen LogP contribution in [0.2, 0.25) is 0 Å². The third-order valence-corrected chi connectivity index (χ3v) is 16.2. The number of para-hydroxylation sites is 6. The summed E-state index contributed by atoms with van der Waals surface area (Å²) in [5.74, 6) is 3.01. The zero-order chi connectivity index (χ0) is 51.0. The lowest BCUT2D eigenvalue weighted by Gasteiger charge is -2.25. The number of rotatable bonds is 5. The van der Waals surface area contributed by atoms with Crippen LogP contribution in [0, 0.1) is 0 Å². The summed E-state index contributed by atoms with van der Waals surface area (Å²) in [6.07, 6.45) is -0.435. The first-order valence-electron chi connectivity index (χ1n) is 26.5. The third kappa shape index (κ3) is 6.25. The summed E-state index contributed by atoms with van der Waals surface area (Å²) in [5.41, 5.74) is 11.6. The van der Waals surface area contributed by atoms with Gasteiger partial charge in [0.1, 0.15) is 23.6 Å². The van der Waals surface area contributed by atoms with Gasteiger partial charge in [0.15, 0.2) is 0 Å². The molecular weight excluding hydrogens is 953 g/mol. The summed E-state index contributed by atoms with van der Waals surface area (Å²) in [4.78, 5) is 16.9. The van der Waals surface area contributed by atoms with Gasteiger partial charge in [0.05, 0.1) is 49.8 Å². The number of aliphatic imine (C=N–C) groups is 2. The van der Waals surface area contributed by atoms with Gasteiger partial charge in [-0.05, 0) is 81.7 Å². The molecule has 0 saturated heterocycles. The monoisotopic (exact) mass is 996 g/mol. The van der Waals surface area contributed by atoms with E-state index in [1.54, 1.807) is 0 Å². The number of aromatic nitrogens is 5. The number of hydrogen-bond donors (Lipinski definition) is 1. The molecule has 0 bridgehead atoms. The summed E-state index contributed by atoms with van der Waals surface area (Å²) in [6, 6.07) is 91.6. The van der Waals surface area contributed by atoms with Gasteiger partial charge in [-0.25, -0.2) is 9.98 Å². The number of pyridine rings is 1. The van der Waals surface area contributed by atoms with Crippen LogP contribution in [-0.2, 0) is 0 Å². The van der Waals surface area contributed by atoms with E-state index in [-0.39, 0.29) is 0 Å². The van der Waals surface area contributed by atoms with Gasteiger partial charge < -0.3 is 9.88 Å². The Labute approximate surface area is 446 Å². The molecule has 0 saturated carbocycles. The van der Waals surface area contributed by atoms with Gasteiger partial charge in [-0.2, -0.15) is 4.99 Å². The van der Waals surface area contributed by atoms with Crippen LogP contribution < -0.4 is 5.32 Å². The van der Waals surface area contributed by atoms with E-state index in [4.69, 9.17) is 15.0 Å². The van der Waals surface area contributed by atoms with E-state index < -0.39 is 6.17 Å². The van der Waals surface area contributed by atoms with Gasteiger partial charge in [0.2, 0.25) is 5.96 Å². The van der Waals surface area contributed by atoms with Crippen molar-refractivity contribution < 1.29 is 0 Å². The van der Waals surface area contributed by atoms with Crippen LogP contribution in [0.25, 0.3) is 126 Å². The summed E-state index contributed by atoms with van der Waals surface area (Å²) in [7, 11) is 0. The molecule has 8 nitrogen and oxygen atoms in total. The van der Waals surface area contributed by atoms with Gasteiger partial charge in [-0.15, -0.1) is 0 Å². The predicted octanol–water partition coefficient (Wildman–Crippen LogP) is 16.7. The number of benzene rings is 11. The molecule has 11 aromatic carbocycles. The highest BCUT2D eigenvalue weighted by molar-refractivity contribution is 6.29. The first-order chi connectivity index (χ1) is 38.7. The Morgan fingerprint density at radius 3 is 1.35 bits per heavy atom. The van der Waals surface area contributed by atoms with Crippen molar-refractivity contribution in [2.24, 2.45) is 9.98 Å². The minimum atomic E-state index is -0.435. The molecule has 17 rings (SSSR count). The second kappa shape index (κ2) is 16.5. The molecular formula is C70H44N8. The predicted molar refractivity (Wildman–Crippen MR) is 323 cm³/mol. The summed E-state index contributed by atoms with van der Waals surface area (Å²) in [5, 5.41) is 17.7. The zero-order valence-corrected chi connectivity index (χ0v) is 42.0. The van der Waals surface area contributed by atoms with Crippen LogP contribution >= 0.6 is 0 Å². The Morgan fingerprint density at radius 2 is 0.782 bits per heavy atom. The number of hydrogen-bond acceptors (Lipinski definition) is 4. The van der Waals surface area contributed by atoms with Crippen molar-refractivity contribution in [1.29, 1.82) is 0 Å². The van der Waals surface area contributed by atoms with Crippen molar-refractivity contribution in [3.63, 3.8) is 0 Å². The second-order valence-corrected chi connectivity index (χ2v) is 20.4. The molecule has 0 radical (unpaired) electrons. The van der Waals surface area contributed by atoms with Crippen molar-refractivity contribution in [3.05, 3.63) is 266 Å². The lowest BCUT2D eigenvalue weighted by atomic mass is 10.0. The average Bonchev–Trinajstić information content (AvgIpc) is 4.44. The highest BCUT2D eigenvalue weighted by Gasteiger charge is 2.28. The van der Waals surface area contributed by atoms with E-state index in [0.29, 0.717) is 5.96 Å². The van der Waals surface area contributed by atoms with Crippen LogP contribution in [-0.4, -0.2) is 35.0 Å². The quantitative estimate of drug-likeness (QED) is 0.187. The van der Waals surface area contributed by atoms with Gasteiger partial charge in [0.25, 0.3) is 0 Å². The lowest BCUT2D eigenvalue weighted by Crippen LogP contribution is -2.35. The zero-order valence-electron chi connectivity index (χ0n) is 42.0. The molecule has 0 amide bonds. The molecule has 5 aromatic heterocycles. The molecule has 1 N–H and O–H groups in total. The van der Waals surface area contributed by atoms with Crippen LogP contribution in [0.1, 0.15) is 17.3 Å². The number of nitrogens with one attached hydrogen (secondary N) is 1. The average molecular weight is 997 g/mol. The standard InChI is InChI=1S/C70H44N8/c1-3-19-45-39-47(35-33-43(45)17-1)68-72-69(48-36-34-44-18-2-4-20-46(44)40-48)74-70(73-68)78-61-31-15-9-25-54(61)55-37-38-63-66(67(55)78)56-26-10-16-32-62(56)75(63)49-41-64(76-57-27-11-5-21-50(57)51-22-6-12-28-58(51)76)71-65(42-49)77-59-29-13-7-23-52(59)53-24-8-14-30-60(53)77/h1-42,68H,(H,72,73,74). The van der Waals surface area contributed by atoms with E-state index in [1.807, 2.05) is 0 Å². The maximum absolute atomic E-state index is 5.71. The van der Waals surface area contributed by atoms with Crippen molar-refractivity contribution >= 4 is 121 Å². The molecule has 16 aromatic rings. The van der Waals surface area contributed by atoms with E-state index in [0.717, 1.165) is 111 Å². The topological polar surface area (TPSA) is 69.4 Å². The fourth-order valence-electron chi connectivity index (χ4n) is 12.7. The van der Waals surface area contributed by atoms with Crippen LogP contribution in [0.4, 0.5) is 0 Å². The maximum Gasteiger partial charge on any atom is 0.234 e. The Morgan fingerprint density at radius 1 is 0.333 bits per heavy atom. The first kappa shape index (κ1) is 42.8. The van der Waals surface area contributed by atoms with Crippen molar-refractivity contribution in [1.82, 2.24) is 28.6 Å². The molecule has 8 heteroatoms. The van der Waals surface area contributed by atoms with Gasteiger partial charge in [-0.1, -0.05) is 188 Å². The van der Waals surface area contributed by atoms with Gasteiger partial charge >= 0.3 is 0 Å². The lowest BCUT2D eigenvalue weighted by molar-refractivity contribution is 0.669. The van der Waals surface area contributed by atoms with Crippen molar-refractivity contribution in [2.75, 3.05) is 0 Å². The minimum absolute atomic E-state index is 0.435. The van der Waals surface area contributed by atoms with Gasteiger partial charge in [-0.3, -0.25) is 13.7 Å². The van der Waals surface area contributed by atoms with E-state index >= 15 is 0 Å². The van der Waals surface area contributed by atoms with Crippen molar-refractivity contribution in [3.8, 4) is 17.3 Å². The highest BCUT2D eigenvalue weighted by atomic mass is 15.3. The Hall–Kier alpha value is -10.6. The summed E-state index contributed by atoms with van der Waals surface area (Å²) in [6.45, 7) is 0. The van der Waals surface area contributed by atoms with E-state index in [9.17, 15) is 0 Å².